The molecule has 2 saturated heterocycles. The Balaban J connectivity index is 1.58. The summed E-state index contributed by atoms with van der Waals surface area (Å²) in [5.74, 6) is -4.81. The Morgan fingerprint density at radius 2 is 1.79 bits per heavy atom. The number of nitrogens with zero attached hydrogens (tertiary/aromatic N) is 2. The average molecular weight is 621 g/mol. The van der Waals surface area contributed by atoms with Crippen molar-refractivity contribution in [2.75, 3.05) is 13.2 Å². The number of aliphatic hydroxyl groups is 1. The minimum absolute atomic E-state index is 0.0190. The number of thioether (sulfide) groups is 1. The number of carbonyl (C=O) groups is 5. The maximum atomic E-state index is 13.6. The molecule has 4 rings (SSSR count). The number of carboxylic acids is 1. The Morgan fingerprint density at radius 1 is 1.12 bits per heavy atom. The number of aliphatic carboxylic acids is 1. The van der Waals surface area contributed by atoms with Gasteiger partial charge in [-0.3, -0.25) is 19.3 Å². The van der Waals surface area contributed by atoms with Gasteiger partial charge in [-0.05, 0) is 38.0 Å². The van der Waals surface area contributed by atoms with E-state index in [0.717, 1.165) is 12.1 Å². The van der Waals surface area contributed by atoms with Crippen molar-refractivity contribution in [2.24, 2.45) is 0 Å². The van der Waals surface area contributed by atoms with Crippen LogP contribution < -0.4 is 10.6 Å². The second-order valence-corrected chi connectivity index (χ2v) is 12.4. The SMILES string of the molecule is CC1(C)S[C@@H]2[C@H](NC(=O)[C@H](NC(=O)N(CCCO)C(=O)c3ccc(O)c(O)c3Cl)c3ccccc3)C(=O)N2[C@H]1C(=O)O. The number of aliphatic hydroxyl groups excluding tert-OH is 1. The van der Waals surface area contributed by atoms with Crippen molar-refractivity contribution in [3.63, 3.8) is 0 Å². The molecule has 2 fully saturated rings. The van der Waals surface area contributed by atoms with Gasteiger partial charge in [-0.1, -0.05) is 41.9 Å². The van der Waals surface area contributed by atoms with Crippen molar-refractivity contribution in [2.45, 2.75) is 48.5 Å². The van der Waals surface area contributed by atoms with Gasteiger partial charge in [0.1, 0.15) is 23.5 Å². The topological polar surface area (TPSA) is 197 Å². The summed E-state index contributed by atoms with van der Waals surface area (Å²) in [6.07, 6.45) is -0.0190. The van der Waals surface area contributed by atoms with Gasteiger partial charge in [0.25, 0.3) is 5.91 Å². The quantitative estimate of drug-likeness (QED) is 0.177. The summed E-state index contributed by atoms with van der Waals surface area (Å²) < 4.78 is -0.809. The van der Waals surface area contributed by atoms with Crippen LogP contribution in [0.2, 0.25) is 5.02 Å². The number of halogens is 1. The first kappa shape index (κ1) is 30.9. The molecule has 15 heteroatoms. The van der Waals surface area contributed by atoms with Crippen LogP contribution in [0.15, 0.2) is 42.5 Å². The van der Waals surface area contributed by atoms with E-state index in [0.29, 0.717) is 10.5 Å². The first-order valence-corrected chi connectivity index (χ1v) is 14.1. The van der Waals surface area contributed by atoms with Gasteiger partial charge in [-0.15, -0.1) is 11.8 Å². The molecule has 2 aliphatic rings. The predicted molar refractivity (Wildman–Crippen MR) is 151 cm³/mol. The first-order valence-electron chi connectivity index (χ1n) is 12.8. The highest BCUT2D eigenvalue weighted by atomic mass is 35.5. The van der Waals surface area contributed by atoms with Crippen LogP contribution >= 0.6 is 23.4 Å². The summed E-state index contributed by atoms with van der Waals surface area (Å²) in [6, 6.07) is 5.64. The van der Waals surface area contributed by atoms with Gasteiger partial charge >= 0.3 is 12.0 Å². The summed E-state index contributed by atoms with van der Waals surface area (Å²) in [5, 5.41) is 42.6. The summed E-state index contributed by atoms with van der Waals surface area (Å²) in [4.78, 5) is 67.0. The summed E-state index contributed by atoms with van der Waals surface area (Å²) >= 11 is 7.28. The van der Waals surface area contributed by atoms with E-state index in [2.05, 4.69) is 10.6 Å². The zero-order chi connectivity index (χ0) is 30.9. The molecule has 6 N–H and O–H groups in total. The Bertz CT molecular complexity index is 1420. The third-order valence-electron chi connectivity index (χ3n) is 6.99. The molecular formula is C27H29ClN4O9S. The Morgan fingerprint density at radius 3 is 2.40 bits per heavy atom. The van der Waals surface area contributed by atoms with E-state index in [1.807, 2.05) is 0 Å². The van der Waals surface area contributed by atoms with Crippen LogP contribution in [-0.4, -0.2) is 95.3 Å². The van der Waals surface area contributed by atoms with E-state index >= 15 is 0 Å². The van der Waals surface area contributed by atoms with Crippen molar-refractivity contribution in [3.05, 3.63) is 58.6 Å². The smallest absolute Gasteiger partial charge is 0.327 e. The van der Waals surface area contributed by atoms with E-state index in [1.165, 1.54) is 16.7 Å². The number of carbonyl (C=O) groups excluding carboxylic acids is 4. The van der Waals surface area contributed by atoms with E-state index < -0.39 is 74.5 Å². The predicted octanol–water partition coefficient (Wildman–Crippen LogP) is 1.66. The van der Waals surface area contributed by atoms with Crippen molar-refractivity contribution in [3.8, 4) is 11.5 Å². The lowest BCUT2D eigenvalue weighted by Crippen LogP contribution is -2.71. The largest absolute Gasteiger partial charge is 0.504 e. The summed E-state index contributed by atoms with van der Waals surface area (Å²) in [5.41, 5.74) is 0.0134. The lowest BCUT2D eigenvalue weighted by Gasteiger charge is -2.44. The number of β-lactam (4-membered cyclic amide) rings is 1. The number of imide groups is 1. The Labute approximate surface area is 249 Å². The highest BCUT2D eigenvalue weighted by Gasteiger charge is 2.64. The van der Waals surface area contributed by atoms with Crippen LogP contribution in [-0.2, 0) is 14.4 Å². The van der Waals surface area contributed by atoms with Gasteiger partial charge < -0.3 is 36.0 Å². The highest BCUT2D eigenvalue weighted by Crippen LogP contribution is 2.50. The van der Waals surface area contributed by atoms with Crippen LogP contribution in [0.1, 0.15) is 42.2 Å². The third-order valence-corrected chi connectivity index (χ3v) is 8.95. The molecule has 0 radical (unpaired) electrons. The fourth-order valence-electron chi connectivity index (χ4n) is 4.92. The van der Waals surface area contributed by atoms with Gasteiger partial charge in [-0.25, -0.2) is 9.59 Å². The molecule has 42 heavy (non-hydrogen) atoms. The number of phenols is 2. The van der Waals surface area contributed by atoms with Crippen molar-refractivity contribution >= 4 is 53.1 Å². The number of hydrogen-bond acceptors (Lipinski definition) is 9. The normalized spacial score (nSPS) is 21.1. The zero-order valence-corrected chi connectivity index (χ0v) is 24.1. The average Bonchev–Trinajstić information content (AvgIpc) is 3.21. The summed E-state index contributed by atoms with van der Waals surface area (Å²) in [7, 11) is 0. The molecule has 2 aromatic carbocycles. The van der Waals surface area contributed by atoms with Crippen LogP contribution in [0, 0.1) is 0 Å². The number of nitrogens with one attached hydrogen (secondary N) is 2. The molecule has 2 aromatic rings. The number of hydrogen-bond donors (Lipinski definition) is 6. The molecule has 4 atom stereocenters. The van der Waals surface area contributed by atoms with Crippen LogP contribution in [0.5, 0.6) is 11.5 Å². The van der Waals surface area contributed by atoms with Crippen molar-refractivity contribution in [1.29, 1.82) is 0 Å². The third kappa shape index (κ3) is 5.69. The first-order chi connectivity index (χ1) is 19.8. The number of benzene rings is 2. The minimum atomic E-state index is -1.39. The zero-order valence-electron chi connectivity index (χ0n) is 22.5. The number of fused-ring (bicyclic) bond motifs is 1. The van der Waals surface area contributed by atoms with E-state index in [9.17, 15) is 44.4 Å². The number of amides is 5. The van der Waals surface area contributed by atoms with Gasteiger partial charge in [0.15, 0.2) is 11.5 Å². The second-order valence-electron chi connectivity index (χ2n) is 10.2. The molecule has 2 aliphatic heterocycles. The van der Waals surface area contributed by atoms with Crippen molar-refractivity contribution in [1.82, 2.24) is 20.4 Å². The maximum Gasteiger partial charge on any atom is 0.327 e. The number of rotatable bonds is 9. The maximum absolute atomic E-state index is 13.6. The van der Waals surface area contributed by atoms with Crippen molar-refractivity contribution < 1.29 is 44.4 Å². The Kier molecular flexibility index (Phi) is 8.89. The Hall–Kier alpha value is -4.01. The molecule has 2 heterocycles. The lowest BCUT2D eigenvalue weighted by atomic mass is 9.95. The lowest BCUT2D eigenvalue weighted by molar-refractivity contribution is -0.161. The number of carboxylic acid groups (broad SMARTS) is 1. The van der Waals surface area contributed by atoms with Crippen LogP contribution in [0.3, 0.4) is 0 Å². The minimum Gasteiger partial charge on any atom is -0.504 e. The molecule has 224 valence electrons. The molecule has 5 amide bonds. The highest BCUT2D eigenvalue weighted by molar-refractivity contribution is 8.01. The van der Waals surface area contributed by atoms with E-state index in [4.69, 9.17) is 11.6 Å². The molecule has 0 aromatic heterocycles. The standard InChI is InChI=1S/C27H29ClN4O9S/c1-27(2)20(25(39)40)32-23(38)18(24(32)42-27)29-21(36)17(13-7-4-3-5-8-13)30-26(41)31(11-6-12-33)22(37)14-9-10-15(34)19(35)16(14)28/h3-5,7-10,17-18,20,24,33-35H,6,11-12H2,1-2H3,(H,29,36)(H,30,41)(H,39,40)/t17-,18-,20+,24-/m1/s1. The monoisotopic (exact) mass is 620 g/mol. The fourth-order valence-corrected chi connectivity index (χ4v) is 6.78. The van der Waals surface area contributed by atoms with Crippen LogP contribution in [0.25, 0.3) is 0 Å². The number of urea groups is 1. The van der Waals surface area contributed by atoms with Gasteiger partial charge in [0.05, 0.1) is 10.6 Å². The molecule has 13 nitrogen and oxygen atoms in total. The van der Waals surface area contributed by atoms with E-state index in [-0.39, 0.29) is 25.1 Å². The van der Waals surface area contributed by atoms with Gasteiger partial charge in [0, 0.05) is 17.9 Å². The summed E-state index contributed by atoms with van der Waals surface area (Å²) in [6.45, 7) is 2.74. The molecule has 0 unspecified atom stereocenters. The number of phenolic OH excluding ortho intramolecular Hbond substituents is 2. The second kappa shape index (κ2) is 12.1. The van der Waals surface area contributed by atoms with E-state index in [1.54, 1.807) is 44.2 Å². The fraction of sp³-hybridized carbons (Fsp3) is 0.370. The van der Waals surface area contributed by atoms with Gasteiger partial charge in [-0.2, -0.15) is 0 Å². The van der Waals surface area contributed by atoms with Crippen LogP contribution in [0.4, 0.5) is 4.79 Å². The molecule has 0 saturated carbocycles. The molecule has 0 spiro atoms. The van der Waals surface area contributed by atoms with Gasteiger partial charge in [0.2, 0.25) is 11.8 Å². The molecular weight excluding hydrogens is 592 g/mol. The molecule has 0 bridgehead atoms. The molecule has 0 aliphatic carbocycles. The number of aromatic hydroxyl groups is 2.